The van der Waals surface area contributed by atoms with Crippen LogP contribution in [0.3, 0.4) is 0 Å². The van der Waals surface area contributed by atoms with Gasteiger partial charge >= 0.3 is 0 Å². The Morgan fingerprint density at radius 2 is 2.11 bits per heavy atom. The van der Waals surface area contributed by atoms with Crippen LogP contribution >= 0.6 is 15.9 Å². The van der Waals surface area contributed by atoms with Crippen molar-refractivity contribution >= 4 is 21.6 Å². The van der Waals surface area contributed by atoms with Crippen LogP contribution in [-0.2, 0) is 0 Å². The van der Waals surface area contributed by atoms with E-state index in [1.165, 1.54) is 16.8 Å². The first-order valence-electron chi connectivity index (χ1n) is 5.17. The Bertz CT molecular complexity index is 670. The summed E-state index contributed by atoms with van der Waals surface area (Å²) in [5, 5.41) is 13.0. The summed E-state index contributed by atoms with van der Waals surface area (Å²) in [7, 11) is 0. The fraction of sp³-hybridized carbons (Fsp3) is 0.167. The number of hydrogen-bond acceptors (Lipinski definition) is 3. The van der Waals surface area contributed by atoms with Crippen LogP contribution in [0.5, 0.6) is 0 Å². The number of benzene rings is 1. The smallest absolute Gasteiger partial charge is 0.164 e. The van der Waals surface area contributed by atoms with E-state index < -0.39 is 5.82 Å². The van der Waals surface area contributed by atoms with E-state index in [4.69, 9.17) is 11.0 Å². The van der Waals surface area contributed by atoms with E-state index >= 15 is 0 Å². The second kappa shape index (κ2) is 4.42. The molecule has 4 nitrogen and oxygen atoms in total. The first-order chi connectivity index (χ1) is 8.47. The van der Waals surface area contributed by atoms with Crippen molar-refractivity contribution in [1.82, 2.24) is 9.78 Å². The molecule has 2 rings (SSSR count). The van der Waals surface area contributed by atoms with E-state index in [2.05, 4.69) is 21.0 Å². The number of nitriles is 1. The maximum atomic E-state index is 14.2. The van der Waals surface area contributed by atoms with E-state index in [1.807, 2.05) is 6.07 Å². The summed E-state index contributed by atoms with van der Waals surface area (Å²) in [6.45, 7) is 3.52. The lowest BCUT2D eigenvalue weighted by Crippen LogP contribution is -2.04. The number of anilines is 1. The van der Waals surface area contributed by atoms with Gasteiger partial charge in [-0.1, -0.05) is 0 Å². The maximum absolute atomic E-state index is 14.2. The van der Waals surface area contributed by atoms with Crippen LogP contribution in [0, 0.1) is 31.0 Å². The number of aromatic nitrogens is 2. The molecule has 0 fully saturated rings. The normalized spacial score (nSPS) is 10.4. The van der Waals surface area contributed by atoms with Gasteiger partial charge in [-0.25, -0.2) is 9.07 Å². The van der Waals surface area contributed by atoms with Crippen molar-refractivity contribution in [3.05, 3.63) is 39.4 Å². The second-order valence-electron chi connectivity index (χ2n) is 3.87. The minimum Gasteiger partial charge on any atom is -0.396 e. The number of rotatable bonds is 1. The molecule has 0 saturated heterocycles. The lowest BCUT2D eigenvalue weighted by Gasteiger charge is -2.08. The Morgan fingerprint density at radius 1 is 1.44 bits per heavy atom. The van der Waals surface area contributed by atoms with Crippen molar-refractivity contribution in [1.29, 1.82) is 5.26 Å². The van der Waals surface area contributed by atoms with Crippen LogP contribution in [0.4, 0.5) is 10.1 Å². The van der Waals surface area contributed by atoms with E-state index in [0.29, 0.717) is 17.1 Å². The molecule has 92 valence electrons. The molecule has 0 atom stereocenters. The van der Waals surface area contributed by atoms with E-state index in [9.17, 15) is 4.39 Å². The van der Waals surface area contributed by atoms with E-state index in [0.717, 1.165) is 0 Å². The summed E-state index contributed by atoms with van der Waals surface area (Å²) in [5.41, 5.74) is 8.17. The number of hydrogen-bond donors (Lipinski definition) is 1. The third kappa shape index (κ3) is 1.77. The molecule has 6 heteroatoms. The van der Waals surface area contributed by atoms with Gasteiger partial charge in [0.1, 0.15) is 11.8 Å². The van der Waals surface area contributed by atoms with Crippen molar-refractivity contribution < 1.29 is 4.39 Å². The predicted octanol–water partition coefficient (Wildman–Crippen LogP) is 2.84. The Hall–Kier alpha value is -1.87. The lowest BCUT2D eigenvalue weighted by atomic mass is 10.2. The fourth-order valence-electron chi connectivity index (χ4n) is 1.68. The van der Waals surface area contributed by atoms with Crippen molar-refractivity contribution in [2.75, 3.05) is 5.73 Å². The SMILES string of the molecule is Cc1nn(-c2ccc(C#N)c(Br)c2F)c(C)c1N. The number of nitrogen functional groups attached to an aromatic ring is 1. The summed E-state index contributed by atoms with van der Waals surface area (Å²) in [6, 6.07) is 4.95. The molecule has 0 spiro atoms. The molecule has 18 heavy (non-hydrogen) atoms. The second-order valence-corrected chi connectivity index (χ2v) is 4.66. The molecular weight excluding hydrogens is 299 g/mol. The highest BCUT2D eigenvalue weighted by Crippen LogP contribution is 2.28. The first kappa shape index (κ1) is 12.6. The van der Waals surface area contributed by atoms with Gasteiger partial charge in [0.25, 0.3) is 0 Å². The molecular formula is C12H10BrFN4. The maximum Gasteiger partial charge on any atom is 0.164 e. The van der Waals surface area contributed by atoms with Gasteiger partial charge in [-0.3, -0.25) is 0 Å². The van der Waals surface area contributed by atoms with E-state index in [-0.39, 0.29) is 15.7 Å². The van der Waals surface area contributed by atoms with E-state index in [1.54, 1.807) is 13.8 Å². The first-order valence-corrected chi connectivity index (χ1v) is 5.96. The van der Waals surface area contributed by atoms with Gasteiger partial charge in [0.05, 0.1) is 27.1 Å². The summed E-state index contributed by atoms with van der Waals surface area (Å²) in [6.07, 6.45) is 0. The van der Waals surface area contributed by atoms with Crippen LogP contribution in [-0.4, -0.2) is 9.78 Å². The van der Waals surface area contributed by atoms with Gasteiger partial charge in [-0.15, -0.1) is 0 Å². The van der Waals surface area contributed by atoms with Gasteiger partial charge in [0, 0.05) is 0 Å². The molecule has 0 radical (unpaired) electrons. The molecule has 0 aliphatic carbocycles. The van der Waals surface area contributed by atoms with Crippen LogP contribution in [0.2, 0.25) is 0 Å². The highest BCUT2D eigenvalue weighted by Gasteiger charge is 2.16. The molecule has 0 amide bonds. The van der Waals surface area contributed by atoms with Crippen LogP contribution < -0.4 is 5.73 Å². The predicted molar refractivity (Wildman–Crippen MR) is 69.8 cm³/mol. The van der Waals surface area contributed by atoms with Gasteiger partial charge in [0.2, 0.25) is 0 Å². The lowest BCUT2D eigenvalue weighted by molar-refractivity contribution is 0.601. The summed E-state index contributed by atoms with van der Waals surface area (Å²) in [5.74, 6) is -0.528. The number of halogens is 2. The summed E-state index contributed by atoms with van der Waals surface area (Å²) in [4.78, 5) is 0. The third-order valence-electron chi connectivity index (χ3n) is 2.76. The largest absolute Gasteiger partial charge is 0.396 e. The monoisotopic (exact) mass is 308 g/mol. The zero-order chi connectivity index (χ0) is 13.4. The zero-order valence-electron chi connectivity index (χ0n) is 9.83. The van der Waals surface area contributed by atoms with Crippen LogP contribution in [0.25, 0.3) is 5.69 Å². The van der Waals surface area contributed by atoms with Crippen molar-refractivity contribution in [3.63, 3.8) is 0 Å². The van der Waals surface area contributed by atoms with Gasteiger partial charge < -0.3 is 5.73 Å². The molecule has 1 aromatic carbocycles. The Balaban J connectivity index is 2.70. The molecule has 1 aromatic heterocycles. The van der Waals surface area contributed by atoms with Crippen LogP contribution in [0.15, 0.2) is 16.6 Å². The highest BCUT2D eigenvalue weighted by atomic mass is 79.9. The molecule has 2 aromatic rings. The van der Waals surface area contributed by atoms with Gasteiger partial charge in [-0.2, -0.15) is 10.4 Å². The summed E-state index contributed by atoms with van der Waals surface area (Å²) >= 11 is 3.07. The molecule has 0 aliphatic rings. The number of nitrogens with two attached hydrogens (primary N) is 1. The standard InChI is InChI=1S/C12H10BrFN4/c1-6-12(16)7(2)18(17-6)9-4-3-8(5-15)10(13)11(9)14/h3-4H,16H2,1-2H3. The highest BCUT2D eigenvalue weighted by molar-refractivity contribution is 9.10. The van der Waals surface area contributed by atoms with Gasteiger partial charge in [-0.05, 0) is 41.9 Å². The van der Waals surface area contributed by atoms with Gasteiger partial charge in [0.15, 0.2) is 5.82 Å². The summed E-state index contributed by atoms with van der Waals surface area (Å²) < 4.78 is 15.7. The average molecular weight is 309 g/mol. The Morgan fingerprint density at radius 3 is 2.61 bits per heavy atom. The molecule has 0 unspecified atom stereocenters. The van der Waals surface area contributed by atoms with Crippen LogP contribution in [0.1, 0.15) is 17.0 Å². The third-order valence-corrected chi connectivity index (χ3v) is 3.53. The average Bonchev–Trinajstić information content (AvgIpc) is 2.60. The molecule has 0 saturated carbocycles. The molecule has 0 bridgehead atoms. The topological polar surface area (TPSA) is 67.6 Å². The minimum atomic E-state index is -0.528. The molecule has 2 N–H and O–H groups in total. The van der Waals surface area contributed by atoms with Crippen molar-refractivity contribution in [2.24, 2.45) is 0 Å². The quantitative estimate of drug-likeness (QED) is 0.880. The molecule has 1 heterocycles. The number of aryl methyl sites for hydroxylation is 1. The fourth-order valence-corrected chi connectivity index (χ4v) is 2.10. The minimum absolute atomic E-state index is 0.133. The van der Waals surface area contributed by atoms with Crippen molar-refractivity contribution in [2.45, 2.75) is 13.8 Å². The molecule has 0 aliphatic heterocycles. The Kier molecular flexibility index (Phi) is 3.09. The zero-order valence-corrected chi connectivity index (χ0v) is 11.4. The number of nitrogens with zero attached hydrogens (tertiary/aromatic N) is 3. The Labute approximate surface area is 112 Å². The van der Waals surface area contributed by atoms with Crippen molar-refractivity contribution in [3.8, 4) is 11.8 Å².